The van der Waals surface area contributed by atoms with Crippen molar-refractivity contribution in [3.8, 4) is 0 Å². The molecular weight excluding hydrogens is 955 g/mol. The van der Waals surface area contributed by atoms with E-state index in [1.54, 1.807) is 41.1 Å². The van der Waals surface area contributed by atoms with Crippen LogP contribution < -0.4 is 0 Å². The summed E-state index contributed by atoms with van der Waals surface area (Å²) in [5.41, 5.74) is 1.25. The van der Waals surface area contributed by atoms with Crippen molar-refractivity contribution in [3.05, 3.63) is 47.6 Å². The van der Waals surface area contributed by atoms with Gasteiger partial charge in [0.15, 0.2) is 5.78 Å². The molecule has 1 amide bonds. The molecule has 0 aromatic carbocycles. The molecule has 17 atom stereocenters. The minimum absolute atomic E-state index is 0.00234. The molecule has 1 saturated carbocycles. The van der Waals surface area contributed by atoms with Crippen LogP contribution in [-0.4, -0.2) is 173 Å². The molecule has 4 bridgehead atoms. The molecule has 0 radical (unpaired) electrons. The van der Waals surface area contributed by atoms with Crippen LogP contribution in [0.25, 0.3) is 0 Å². The number of piperidine rings is 1. The second-order valence-electron chi connectivity index (χ2n) is 22.0. The minimum atomic E-state index is -2.48. The zero-order valence-electron chi connectivity index (χ0n) is 45.5. The number of carbonyl (C=O) groups excluding carboxylic acids is 5. The van der Waals surface area contributed by atoms with Crippen LogP contribution in [0.5, 0.6) is 0 Å². The smallest absolute Gasteiger partial charge is 0.329 e. The van der Waals surface area contributed by atoms with Gasteiger partial charge in [-0.15, -0.1) is 0 Å². The third-order valence-electron chi connectivity index (χ3n) is 16.6. The maximum atomic E-state index is 14.7. The molecule has 17 heteroatoms. The maximum absolute atomic E-state index is 14.7. The van der Waals surface area contributed by atoms with Gasteiger partial charge in [-0.2, -0.15) is 0 Å². The second kappa shape index (κ2) is 28.2. The van der Waals surface area contributed by atoms with Gasteiger partial charge in [0.05, 0.1) is 64.1 Å². The summed E-state index contributed by atoms with van der Waals surface area (Å²) in [6.07, 6.45) is 11.3. The third kappa shape index (κ3) is 15.2. The molecule has 1 aliphatic carbocycles. The highest BCUT2D eigenvalue weighted by Crippen LogP contribution is 2.45. The lowest BCUT2D eigenvalue weighted by Gasteiger charge is -2.50. The van der Waals surface area contributed by atoms with Crippen molar-refractivity contribution < 1.29 is 76.8 Å². The molecular formula is C57H87NO16. The summed E-state index contributed by atoms with van der Waals surface area (Å²) in [7, 11) is 4.68. The van der Waals surface area contributed by atoms with Crippen LogP contribution in [0.1, 0.15) is 112 Å². The number of aliphatic hydroxyl groups excluding tert-OH is 1. The van der Waals surface area contributed by atoms with Crippen molar-refractivity contribution >= 4 is 29.2 Å². The summed E-state index contributed by atoms with van der Waals surface area (Å²) in [4.78, 5) is 73.3. The monoisotopic (exact) mass is 1040 g/mol. The molecule has 5 fully saturated rings. The Morgan fingerprint density at radius 1 is 0.838 bits per heavy atom. The molecule has 17 nitrogen and oxygen atoms in total. The van der Waals surface area contributed by atoms with Gasteiger partial charge in [-0.25, -0.2) is 4.79 Å². The number of rotatable bonds is 11. The quantitative estimate of drug-likeness (QED) is 0.107. The Balaban J connectivity index is 1.33. The normalized spacial score (nSPS) is 41.2. The highest BCUT2D eigenvalue weighted by Gasteiger charge is 2.57. The van der Waals surface area contributed by atoms with E-state index in [1.165, 1.54) is 12.0 Å². The van der Waals surface area contributed by atoms with Gasteiger partial charge in [0, 0.05) is 64.4 Å². The molecule has 6 rings (SSSR count). The van der Waals surface area contributed by atoms with Gasteiger partial charge in [-0.1, -0.05) is 64.2 Å². The van der Waals surface area contributed by atoms with Gasteiger partial charge in [0.25, 0.3) is 11.7 Å². The van der Waals surface area contributed by atoms with Gasteiger partial charge >= 0.3 is 5.97 Å². The number of fused-ring (bicyclic) bond motifs is 4. The first-order chi connectivity index (χ1) is 35.4. The summed E-state index contributed by atoms with van der Waals surface area (Å²) in [6, 6.07) is -1.14. The van der Waals surface area contributed by atoms with E-state index in [0.717, 1.165) is 18.4 Å². The second-order valence-corrected chi connectivity index (χ2v) is 22.0. The Bertz CT molecular complexity index is 2010. The number of esters is 1. The molecule has 2 N–H and O–H groups in total. The number of ketones is 3. The topological polar surface area (TPSA) is 212 Å². The Kier molecular flexibility index (Phi) is 22.8. The van der Waals surface area contributed by atoms with Crippen LogP contribution in [0.2, 0.25) is 0 Å². The largest absolute Gasteiger partial charge is 0.460 e. The van der Waals surface area contributed by atoms with Crippen LogP contribution in [0, 0.1) is 41.4 Å². The van der Waals surface area contributed by atoms with Gasteiger partial charge in [-0.05, 0) is 101 Å². The fourth-order valence-corrected chi connectivity index (χ4v) is 12.2. The van der Waals surface area contributed by atoms with Crippen molar-refractivity contribution in [1.82, 2.24) is 4.90 Å². The Morgan fingerprint density at radius 3 is 2.34 bits per heavy atom. The van der Waals surface area contributed by atoms with E-state index in [1.807, 2.05) is 51.2 Å². The van der Waals surface area contributed by atoms with Gasteiger partial charge in [-0.3, -0.25) is 19.2 Å². The summed E-state index contributed by atoms with van der Waals surface area (Å²) in [6.45, 7) is 13.4. The van der Waals surface area contributed by atoms with Crippen LogP contribution in [0.15, 0.2) is 47.6 Å². The number of Topliss-reactive ketones (excluding diaryl/α,β-unsaturated/α-hetero) is 3. The predicted octanol–water partition coefficient (Wildman–Crippen LogP) is 5.86. The van der Waals surface area contributed by atoms with Crippen LogP contribution in [0.3, 0.4) is 0 Å². The zero-order chi connectivity index (χ0) is 53.7. The standard InChI is InChI=1S/C57H87NO16/c1-34-14-11-10-12-15-35(2)47(72-33-42-32-69-23-25-70-42)30-41-19-17-39(6)57(65,74-41)54(62)55(63)58-21-13-16-43-44(28-40-18-20-46(49(29-40)67-8)71-24-22-66-7)48(73-56(64)50(43)58)31-45(59)36(3)27-38(5)52(61)53(68-9)51(60)37(4)26-34/h10-12,14-15,27,34,36-37,39-44,46-50,52-53,61,65H,13,16-26,28-33H2,1-9H3/b12-10+,14-11+,35-15+,38-27+/t34-,36-,37-,39-,40+,41+,42-,43-,44?,46-,47+,48+,49-,50?,52-,53+,57-/m1/s1. The summed E-state index contributed by atoms with van der Waals surface area (Å²) >= 11 is 0. The summed E-state index contributed by atoms with van der Waals surface area (Å²) < 4.78 is 53.6. The van der Waals surface area contributed by atoms with Crippen molar-refractivity contribution in [2.45, 2.75) is 173 Å². The first-order valence-corrected chi connectivity index (χ1v) is 27.3. The average Bonchev–Trinajstić information content (AvgIpc) is 3.39. The molecule has 4 saturated heterocycles. The number of carbonyl (C=O) groups is 5. The van der Waals surface area contributed by atoms with Crippen molar-refractivity contribution in [2.24, 2.45) is 41.4 Å². The number of amides is 1. The fourth-order valence-electron chi connectivity index (χ4n) is 12.2. The van der Waals surface area contributed by atoms with E-state index in [0.29, 0.717) is 83.6 Å². The Labute approximate surface area is 439 Å². The van der Waals surface area contributed by atoms with Crippen LogP contribution >= 0.6 is 0 Å². The van der Waals surface area contributed by atoms with E-state index in [9.17, 15) is 34.2 Å². The molecule has 74 heavy (non-hydrogen) atoms. The Hall–Kier alpha value is -3.49. The van der Waals surface area contributed by atoms with Crippen LogP contribution in [-0.2, 0) is 66.6 Å². The summed E-state index contributed by atoms with van der Waals surface area (Å²) in [5, 5.41) is 23.9. The van der Waals surface area contributed by atoms with Crippen molar-refractivity contribution in [1.29, 1.82) is 0 Å². The molecule has 5 heterocycles. The van der Waals surface area contributed by atoms with E-state index >= 15 is 0 Å². The lowest BCUT2D eigenvalue weighted by molar-refractivity contribution is -0.266. The minimum Gasteiger partial charge on any atom is -0.460 e. The third-order valence-corrected chi connectivity index (χ3v) is 16.6. The first-order valence-electron chi connectivity index (χ1n) is 27.3. The van der Waals surface area contributed by atoms with Crippen molar-refractivity contribution in [3.63, 3.8) is 0 Å². The molecule has 0 aromatic heterocycles. The number of allylic oxidation sites excluding steroid dienone is 6. The number of methoxy groups -OCH3 is 3. The number of ether oxygens (including phenoxy) is 9. The van der Waals surface area contributed by atoms with E-state index < -0.39 is 83.7 Å². The molecule has 0 aromatic rings. The molecule has 2 unspecified atom stereocenters. The van der Waals surface area contributed by atoms with E-state index in [2.05, 4.69) is 0 Å². The number of aliphatic hydroxyl groups is 2. The molecule has 6 aliphatic rings. The van der Waals surface area contributed by atoms with E-state index in [-0.39, 0.29) is 73.6 Å². The highest BCUT2D eigenvalue weighted by molar-refractivity contribution is 6.39. The predicted molar refractivity (Wildman–Crippen MR) is 273 cm³/mol. The molecule has 5 aliphatic heterocycles. The number of hydrogen-bond donors (Lipinski definition) is 2. The number of hydrogen-bond acceptors (Lipinski definition) is 16. The fraction of sp³-hybridized carbons (Fsp3) is 0.772. The zero-order valence-corrected chi connectivity index (χ0v) is 45.5. The highest BCUT2D eigenvalue weighted by atomic mass is 16.6. The molecule has 0 spiro atoms. The van der Waals surface area contributed by atoms with Gasteiger partial charge in [0.2, 0.25) is 5.79 Å². The van der Waals surface area contributed by atoms with Crippen LogP contribution in [0.4, 0.5) is 0 Å². The summed E-state index contributed by atoms with van der Waals surface area (Å²) in [5.74, 6) is -8.53. The van der Waals surface area contributed by atoms with Gasteiger partial charge < -0.3 is 57.7 Å². The lowest BCUT2D eigenvalue weighted by atomic mass is 9.68. The molecule has 416 valence electrons. The maximum Gasteiger partial charge on any atom is 0.329 e. The van der Waals surface area contributed by atoms with E-state index in [4.69, 9.17) is 42.6 Å². The Morgan fingerprint density at radius 2 is 1.62 bits per heavy atom. The first kappa shape index (κ1) is 59.7. The van der Waals surface area contributed by atoms with Crippen molar-refractivity contribution in [2.75, 3.05) is 67.5 Å². The van der Waals surface area contributed by atoms with Gasteiger partial charge in [0.1, 0.15) is 36.2 Å². The average molecular weight is 1040 g/mol. The SMILES string of the molecule is COCCO[C@@H]1CC[C@@H](CC2[C@H]3CCCN4C(=O)C(=O)[C@]5(O)O[C@@H](CC[C@H]5C)C[C@H](OC[C@H]5COCCO5)/C(C)=C/C=C/C=C/[C@@H](C)C[C@@H](C)C(=O)[C@H](OC)[C@H](O)/C(C)=C/[C@@H](C)C(=O)C[C@@H]2OC(=O)C34)C[C@H]1OC. The lowest BCUT2D eigenvalue weighted by Crippen LogP contribution is -2.65. The number of nitrogens with zero attached hydrogens (tertiary/aromatic N) is 1.